The second-order valence-electron chi connectivity index (χ2n) is 7.11. The van der Waals surface area contributed by atoms with Gasteiger partial charge in [0.15, 0.2) is 0 Å². The molecule has 1 aliphatic heterocycles. The van der Waals surface area contributed by atoms with Crippen molar-refractivity contribution >= 4 is 34.7 Å². The van der Waals surface area contributed by atoms with E-state index in [1.165, 1.54) is 12.0 Å². The predicted molar refractivity (Wildman–Crippen MR) is 118 cm³/mol. The molecule has 0 aliphatic carbocycles. The highest BCUT2D eigenvalue weighted by Gasteiger charge is 2.47. The topological polar surface area (TPSA) is 79.7 Å². The molecule has 4 rings (SSSR count). The number of anilines is 1. The molecule has 1 aromatic heterocycles. The van der Waals surface area contributed by atoms with Gasteiger partial charge in [0.25, 0.3) is 11.7 Å². The van der Waals surface area contributed by atoms with Gasteiger partial charge < -0.3 is 9.84 Å². The van der Waals surface area contributed by atoms with Crippen LogP contribution in [-0.4, -0.2) is 28.9 Å². The number of aryl methyl sites for hydroxylation is 1. The molecule has 1 atom stereocenters. The van der Waals surface area contributed by atoms with Crippen molar-refractivity contribution in [3.8, 4) is 5.75 Å². The number of ether oxygens (including phenoxy) is 1. The van der Waals surface area contributed by atoms with Crippen molar-refractivity contribution in [2.45, 2.75) is 13.0 Å². The number of aliphatic hydroxyl groups excluding tert-OH is 1. The van der Waals surface area contributed by atoms with Gasteiger partial charge in [0.2, 0.25) is 0 Å². The molecule has 156 valence electrons. The van der Waals surface area contributed by atoms with Crippen LogP contribution in [-0.2, 0) is 9.59 Å². The first kappa shape index (κ1) is 20.6. The molecule has 0 saturated carbocycles. The first-order valence-corrected chi connectivity index (χ1v) is 9.91. The van der Waals surface area contributed by atoms with Gasteiger partial charge in [-0.1, -0.05) is 11.6 Å². The van der Waals surface area contributed by atoms with E-state index in [1.807, 2.05) is 6.92 Å². The maximum Gasteiger partial charge on any atom is 0.300 e. The molecule has 3 aromatic rings. The molecule has 2 heterocycles. The van der Waals surface area contributed by atoms with Gasteiger partial charge >= 0.3 is 0 Å². The van der Waals surface area contributed by atoms with Gasteiger partial charge in [-0.25, -0.2) is 0 Å². The quantitative estimate of drug-likeness (QED) is 0.366. The van der Waals surface area contributed by atoms with Gasteiger partial charge in [-0.2, -0.15) is 0 Å². The fourth-order valence-corrected chi connectivity index (χ4v) is 3.96. The summed E-state index contributed by atoms with van der Waals surface area (Å²) < 4.78 is 5.16. The third-order valence-corrected chi connectivity index (χ3v) is 5.48. The summed E-state index contributed by atoms with van der Waals surface area (Å²) in [4.78, 5) is 31.7. The largest absolute Gasteiger partial charge is 0.507 e. The number of rotatable bonds is 4. The van der Waals surface area contributed by atoms with Crippen LogP contribution in [0.4, 0.5) is 5.69 Å². The summed E-state index contributed by atoms with van der Waals surface area (Å²) in [7, 11) is 1.54. The molecule has 6 nitrogen and oxygen atoms in total. The van der Waals surface area contributed by atoms with Gasteiger partial charge in [-0.05, 0) is 72.6 Å². The van der Waals surface area contributed by atoms with Gasteiger partial charge in [0.05, 0.1) is 18.7 Å². The van der Waals surface area contributed by atoms with Gasteiger partial charge in [-0.3, -0.25) is 19.5 Å². The van der Waals surface area contributed by atoms with E-state index >= 15 is 0 Å². The number of aromatic nitrogens is 1. The van der Waals surface area contributed by atoms with E-state index < -0.39 is 17.7 Å². The normalized spacial score (nSPS) is 17.8. The molecule has 1 aliphatic rings. The lowest BCUT2D eigenvalue weighted by Gasteiger charge is -2.26. The Balaban J connectivity index is 1.93. The Bertz CT molecular complexity index is 1190. The lowest BCUT2D eigenvalue weighted by atomic mass is 9.95. The van der Waals surface area contributed by atoms with Crippen molar-refractivity contribution in [3.05, 3.63) is 94.3 Å². The molecule has 31 heavy (non-hydrogen) atoms. The number of hydrogen-bond donors (Lipinski definition) is 1. The van der Waals surface area contributed by atoms with Crippen LogP contribution in [0, 0.1) is 6.92 Å². The summed E-state index contributed by atoms with van der Waals surface area (Å²) in [6, 6.07) is 14.3. The van der Waals surface area contributed by atoms with E-state index in [1.54, 1.807) is 67.0 Å². The maximum atomic E-state index is 13.1. The van der Waals surface area contributed by atoms with Crippen LogP contribution in [0.1, 0.15) is 22.7 Å². The Morgan fingerprint density at radius 1 is 1.06 bits per heavy atom. The smallest absolute Gasteiger partial charge is 0.300 e. The highest BCUT2D eigenvalue weighted by molar-refractivity contribution is 6.51. The summed E-state index contributed by atoms with van der Waals surface area (Å²) >= 11 is 6.09. The summed E-state index contributed by atoms with van der Waals surface area (Å²) in [5.74, 6) is -1.12. The Kier molecular flexibility index (Phi) is 5.48. The maximum absolute atomic E-state index is 13.1. The highest BCUT2D eigenvalue weighted by Crippen LogP contribution is 2.43. The van der Waals surface area contributed by atoms with Crippen molar-refractivity contribution in [2.75, 3.05) is 12.0 Å². The second-order valence-corrected chi connectivity index (χ2v) is 7.55. The molecule has 7 heteroatoms. The average molecular weight is 435 g/mol. The molecule has 1 N–H and O–H groups in total. The number of carbonyl (C=O) groups excluding carboxylic acids is 2. The summed E-state index contributed by atoms with van der Waals surface area (Å²) in [5.41, 5.74) is 2.35. The standard InChI is InChI=1S/C24H19ClN2O4/c1-14-13-17(25)5-8-19(14)27-21(15-9-11-26-12-10-15)20(23(29)24(27)30)22(28)16-3-6-18(31-2)7-4-16/h3-13,21,28H,1-2H3/b22-20+. The van der Waals surface area contributed by atoms with Crippen LogP contribution in [0.15, 0.2) is 72.6 Å². The average Bonchev–Trinajstić information content (AvgIpc) is 3.04. The van der Waals surface area contributed by atoms with E-state index in [2.05, 4.69) is 4.98 Å². The lowest BCUT2D eigenvalue weighted by molar-refractivity contribution is -0.132. The SMILES string of the molecule is COc1ccc(/C(O)=C2\C(=O)C(=O)N(c3ccc(Cl)cc3C)C2c2ccncc2)cc1. The Hall–Kier alpha value is -3.64. The van der Waals surface area contributed by atoms with Gasteiger partial charge in [0, 0.05) is 28.7 Å². The Morgan fingerprint density at radius 3 is 2.35 bits per heavy atom. The third-order valence-electron chi connectivity index (χ3n) is 5.25. The van der Waals surface area contributed by atoms with Crippen LogP contribution in [0.3, 0.4) is 0 Å². The van der Waals surface area contributed by atoms with E-state index in [4.69, 9.17) is 16.3 Å². The van der Waals surface area contributed by atoms with E-state index in [-0.39, 0.29) is 11.3 Å². The summed E-state index contributed by atoms with van der Waals surface area (Å²) in [5, 5.41) is 11.6. The van der Waals surface area contributed by atoms with Crippen molar-refractivity contribution in [2.24, 2.45) is 0 Å². The van der Waals surface area contributed by atoms with Crippen LogP contribution < -0.4 is 9.64 Å². The van der Waals surface area contributed by atoms with Crippen LogP contribution in [0.5, 0.6) is 5.75 Å². The van der Waals surface area contributed by atoms with Crippen molar-refractivity contribution in [1.82, 2.24) is 4.98 Å². The van der Waals surface area contributed by atoms with Crippen molar-refractivity contribution in [3.63, 3.8) is 0 Å². The number of amides is 1. The minimum absolute atomic E-state index is 0.00992. The molecule has 0 radical (unpaired) electrons. The summed E-state index contributed by atoms with van der Waals surface area (Å²) in [6.45, 7) is 1.81. The molecule has 1 amide bonds. The number of aliphatic hydroxyl groups is 1. The zero-order valence-corrected chi connectivity index (χ0v) is 17.6. The second kappa shape index (κ2) is 8.24. The zero-order chi connectivity index (χ0) is 22.1. The fourth-order valence-electron chi connectivity index (χ4n) is 3.74. The third kappa shape index (κ3) is 3.66. The molecular formula is C24H19ClN2O4. The Labute approximate surface area is 184 Å². The number of Topliss-reactive ketones (excluding diaryl/α,β-unsaturated/α-hetero) is 1. The summed E-state index contributed by atoms with van der Waals surface area (Å²) in [6.07, 6.45) is 3.16. The first-order valence-electron chi connectivity index (χ1n) is 9.54. The van der Waals surface area contributed by atoms with Crippen LogP contribution in [0.25, 0.3) is 5.76 Å². The number of nitrogens with zero attached hydrogens (tertiary/aromatic N) is 2. The molecule has 0 spiro atoms. The van der Waals surface area contributed by atoms with Crippen LogP contribution in [0.2, 0.25) is 5.02 Å². The van der Waals surface area contributed by atoms with Crippen LogP contribution >= 0.6 is 11.6 Å². The van der Waals surface area contributed by atoms with Crippen molar-refractivity contribution < 1.29 is 19.4 Å². The Morgan fingerprint density at radius 2 is 1.74 bits per heavy atom. The fraction of sp³-hybridized carbons (Fsp3) is 0.125. The van der Waals surface area contributed by atoms with Gasteiger partial charge in [-0.15, -0.1) is 0 Å². The molecule has 1 fully saturated rings. The molecular weight excluding hydrogens is 416 g/mol. The molecule has 1 unspecified atom stereocenters. The number of pyridine rings is 1. The monoisotopic (exact) mass is 434 g/mol. The number of halogens is 1. The predicted octanol–water partition coefficient (Wildman–Crippen LogP) is 4.68. The first-order chi connectivity index (χ1) is 14.9. The molecule has 1 saturated heterocycles. The molecule has 2 aromatic carbocycles. The highest BCUT2D eigenvalue weighted by atomic mass is 35.5. The number of carbonyl (C=O) groups is 2. The number of ketones is 1. The number of hydrogen-bond acceptors (Lipinski definition) is 5. The van der Waals surface area contributed by atoms with E-state index in [0.717, 1.165) is 5.56 Å². The number of methoxy groups -OCH3 is 1. The number of benzene rings is 2. The zero-order valence-electron chi connectivity index (χ0n) is 16.9. The minimum Gasteiger partial charge on any atom is -0.507 e. The van der Waals surface area contributed by atoms with E-state index in [9.17, 15) is 14.7 Å². The van der Waals surface area contributed by atoms with Gasteiger partial charge in [0.1, 0.15) is 11.5 Å². The molecule has 0 bridgehead atoms. The minimum atomic E-state index is -0.815. The van der Waals surface area contributed by atoms with E-state index in [0.29, 0.717) is 27.6 Å². The van der Waals surface area contributed by atoms with Crippen molar-refractivity contribution in [1.29, 1.82) is 0 Å². The lowest BCUT2D eigenvalue weighted by Crippen LogP contribution is -2.30.